The Kier molecular flexibility index (Phi) is 6.03. The molecule has 0 bridgehead atoms. The standard InChI is InChI=1S/C26H26N4O2/c1-4-30-23-12-8-7-11-21(23)22-16-19(13-14-24(22)30)27-25(31)15-18(3)28-29-26(32)20-10-6-5-9-17(20)2/h5-14,16H,4,15H2,1-3H3,(H,27,31)(H,29,32)/b28-18-. The molecule has 0 saturated carbocycles. The van der Waals surface area contributed by atoms with E-state index < -0.39 is 0 Å². The molecule has 32 heavy (non-hydrogen) atoms. The second-order valence-corrected chi connectivity index (χ2v) is 7.82. The van der Waals surface area contributed by atoms with Crippen molar-refractivity contribution in [1.82, 2.24) is 9.99 Å². The number of carbonyl (C=O) groups is 2. The number of para-hydroxylation sites is 1. The first-order valence-corrected chi connectivity index (χ1v) is 10.7. The number of hydrogen-bond donors (Lipinski definition) is 2. The van der Waals surface area contributed by atoms with Gasteiger partial charge in [0.1, 0.15) is 0 Å². The largest absolute Gasteiger partial charge is 0.341 e. The number of nitrogens with one attached hydrogen (secondary N) is 2. The number of fused-ring (bicyclic) bond motifs is 3. The van der Waals surface area contributed by atoms with E-state index in [9.17, 15) is 9.59 Å². The molecule has 0 radical (unpaired) electrons. The highest BCUT2D eigenvalue weighted by Crippen LogP contribution is 2.31. The number of carbonyl (C=O) groups excluding carboxylic acids is 2. The summed E-state index contributed by atoms with van der Waals surface area (Å²) in [4.78, 5) is 24.8. The van der Waals surface area contributed by atoms with Crippen LogP contribution in [0.15, 0.2) is 71.8 Å². The lowest BCUT2D eigenvalue weighted by molar-refractivity contribution is -0.115. The summed E-state index contributed by atoms with van der Waals surface area (Å²) in [7, 11) is 0. The molecular weight excluding hydrogens is 400 g/mol. The molecule has 0 saturated heterocycles. The van der Waals surface area contributed by atoms with Crippen LogP contribution in [0.1, 0.15) is 36.2 Å². The number of amides is 2. The minimum atomic E-state index is -0.291. The maximum Gasteiger partial charge on any atom is 0.271 e. The Morgan fingerprint density at radius 2 is 1.66 bits per heavy atom. The summed E-state index contributed by atoms with van der Waals surface area (Å²) in [6.07, 6.45) is 0.0861. The van der Waals surface area contributed by atoms with E-state index in [1.807, 2.05) is 49.4 Å². The van der Waals surface area contributed by atoms with Crippen molar-refractivity contribution in [2.45, 2.75) is 33.7 Å². The Balaban J connectivity index is 1.45. The normalized spacial score (nSPS) is 11.7. The Morgan fingerprint density at radius 3 is 2.44 bits per heavy atom. The van der Waals surface area contributed by atoms with Crippen molar-refractivity contribution >= 4 is 45.0 Å². The van der Waals surface area contributed by atoms with Gasteiger partial charge in [-0.15, -0.1) is 0 Å². The van der Waals surface area contributed by atoms with E-state index in [4.69, 9.17) is 0 Å². The van der Waals surface area contributed by atoms with Gasteiger partial charge in [-0.3, -0.25) is 9.59 Å². The molecule has 162 valence electrons. The molecule has 1 aromatic heterocycles. The molecule has 6 heteroatoms. The average Bonchev–Trinajstić information content (AvgIpc) is 3.10. The van der Waals surface area contributed by atoms with Crippen molar-refractivity contribution in [2.75, 3.05) is 5.32 Å². The highest BCUT2D eigenvalue weighted by Gasteiger charge is 2.12. The molecule has 0 aliphatic carbocycles. The Bertz CT molecular complexity index is 1350. The summed E-state index contributed by atoms with van der Waals surface area (Å²) in [6, 6.07) is 21.5. The van der Waals surface area contributed by atoms with E-state index in [1.54, 1.807) is 19.1 Å². The summed E-state index contributed by atoms with van der Waals surface area (Å²) < 4.78 is 2.27. The number of hydrogen-bond acceptors (Lipinski definition) is 3. The molecule has 0 unspecified atom stereocenters. The fraction of sp³-hybridized carbons (Fsp3) is 0.192. The first-order valence-electron chi connectivity index (χ1n) is 10.7. The van der Waals surface area contributed by atoms with Crippen molar-refractivity contribution in [1.29, 1.82) is 0 Å². The van der Waals surface area contributed by atoms with Gasteiger partial charge in [0.05, 0.1) is 6.42 Å². The zero-order valence-electron chi connectivity index (χ0n) is 18.5. The van der Waals surface area contributed by atoms with E-state index in [0.29, 0.717) is 11.3 Å². The second kappa shape index (κ2) is 9.06. The van der Waals surface area contributed by atoms with Gasteiger partial charge in [0.15, 0.2) is 0 Å². The molecule has 3 aromatic carbocycles. The number of hydrazone groups is 1. The summed E-state index contributed by atoms with van der Waals surface area (Å²) >= 11 is 0. The van der Waals surface area contributed by atoms with E-state index in [1.165, 1.54) is 5.52 Å². The third-order valence-electron chi connectivity index (χ3n) is 5.53. The first kappa shape index (κ1) is 21.3. The number of aryl methyl sites for hydroxylation is 2. The van der Waals surface area contributed by atoms with Crippen LogP contribution in [0.2, 0.25) is 0 Å². The summed E-state index contributed by atoms with van der Waals surface area (Å²) in [5.74, 6) is -0.476. The first-order chi connectivity index (χ1) is 15.5. The number of nitrogens with zero attached hydrogens (tertiary/aromatic N) is 2. The van der Waals surface area contributed by atoms with Crippen LogP contribution in [0.3, 0.4) is 0 Å². The van der Waals surface area contributed by atoms with Gasteiger partial charge in [-0.25, -0.2) is 5.43 Å². The minimum absolute atomic E-state index is 0.0861. The van der Waals surface area contributed by atoms with Crippen LogP contribution in [0, 0.1) is 6.92 Å². The molecule has 0 fully saturated rings. The van der Waals surface area contributed by atoms with Gasteiger partial charge >= 0.3 is 0 Å². The van der Waals surface area contributed by atoms with Crippen molar-refractivity contribution in [3.63, 3.8) is 0 Å². The predicted molar refractivity (Wildman–Crippen MR) is 130 cm³/mol. The van der Waals surface area contributed by atoms with E-state index >= 15 is 0 Å². The highest BCUT2D eigenvalue weighted by atomic mass is 16.2. The molecule has 0 aliphatic heterocycles. The molecular formula is C26H26N4O2. The van der Waals surface area contributed by atoms with Crippen molar-refractivity contribution in [3.05, 3.63) is 77.9 Å². The molecule has 2 N–H and O–H groups in total. The molecule has 0 atom stereocenters. The zero-order valence-corrected chi connectivity index (χ0v) is 18.5. The van der Waals surface area contributed by atoms with Gasteiger partial charge in [0, 0.05) is 45.3 Å². The SMILES string of the molecule is CCn1c2ccccc2c2cc(NC(=O)C/C(C)=N\NC(=O)c3ccccc3C)ccc21. The topological polar surface area (TPSA) is 75.5 Å². The van der Waals surface area contributed by atoms with E-state index in [2.05, 4.69) is 39.5 Å². The van der Waals surface area contributed by atoms with Crippen molar-refractivity contribution in [2.24, 2.45) is 5.10 Å². The van der Waals surface area contributed by atoms with Gasteiger partial charge < -0.3 is 9.88 Å². The number of benzene rings is 3. The van der Waals surface area contributed by atoms with Crippen molar-refractivity contribution in [3.8, 4) is 0 Å². The summed E-state index contributed by atoms with van der Waals surface area (Å²) in [6.45, 7) is 6.59. The molecule has 4 aromatic rings. The minimum Gasteiger partial charge on any atom is -0.341 e. The lowest BCUT2D eigenvalue weighted by Gasteiger charge is -2.07. The van der Waals surface area contributed by atoms with Gasteiger partial charge in [-0.1, -0.05) is 36.4 Å². The quantitative estimate of drug-likeness (QED) is 0.326. The van der Waals surface area contributed by atoms with Crippen LogP contribution < -0.4 is 10.7 Å². The second-order valence-electron chi connectivity index (χ2n) is 7.82. The summed E-state index contributed by atoms with van der Waals surface area (Å²) in [5, 5.41) is 9.30. The zero-order chi connectivity index (χ0) is 22.7. The fourth-order valence-corrected chi connectivity index (χ4v) is 3.98. The summed E-state index contributed by atoms with van der Waals surface area (Å²) in [5.41, 5.74) is 7.54. The molecule has 2 amide bonds. The maximum absolute atomic E-state index is 12.5. The highest BCUT2D eigenvalue weighted by molar-refractivity contribution is 6.11. The molecule has 4 rings (SSSR count). The van der Waals surface area contributed by atoms with Gasteiger partial charge in [0.25, 0.3) is 5.91 Å². The maximum atomic E-state index is 12.5. The van der Waals surface area contributed by atoms with E-state index in [-0.39, 0.29) is 18.2 Å². The van der Waals surface area contributed by atoms with Crippen LogP contribution in [0.25, 0.3) is 21.8 Å². The van der Waals surface area contributed by atoms with Gasteiger partial charge in [-0.2, -0.15) is 5.10 Å². The lowest BCUT2D eigenvalue weighted by atomic mass is 10.1. The van der Waals surface area contributed by atoms with E-state index in [0.717, 1.165) is 34.1 Å². The number of rotatable bonds is 6. The lowest BCUT2D eigenvalue weighted by Crippen LogP contribution is -2.22. The predicted octanol–water partition coefficient (Wildman–Crippen LogP) is 5.26. The third kappa shape index (κ3) is 4.25. The Hall–Kier alpha value is -3.93. The Labute approximate surface area is 186 Å². The van der Waals surface area contributed by atoms with Gasteiger partial charge in [-0.05, 0) is 56.7 Å². The molecule has 0 spiro atoms. The van der Waals surface area contributed by atoms with Crippen LogP contribution in [0.4, 0.5) is 5.69 Å². The number of anilines is 1. The number of aromatic nitrogens is 1. The van der Waals surface area contributed by atoms with Crippen LogP contribution in [-0.4, -0.2) is 22.1 Å². The Morgan fingerprint density at radius 1 is 0.938 bits per heavy atom. The van der Waals surface area contributed by atoms with Crippen LogP contribution >= 0.6 is 0 Å². The van der Waals surface area contributed by atoms with Gasteiger partial charge in [0.2, 0.25) is 5.91 Å². The molecule has 6 nitrogen and oxygen atoms in total. The molecule has 0 aliphatic rings. The van der Waals surface area contributed by atoms with Crippen LogP contribution in [0.5, 0.6) is 0 Å². The third-order valence-corrected chi connectivity index (χ3v) is 5.53. The smallest absolute Gasteiger partial charge is 0.271 e. The van der Waals surface area contributed by atoms with Crippen molar-refractivity contribution < 1.29 is 9.59 Å². The molecule has 1 heterocycles. The van der Waals surface area contributed by atoms with Crippen LogP contribution in [-0.2, 0) is 11.3 Å². The fourth-order valence-electron chi connectivity index (χ4n) is 3.98. The monoisotopic (exact) mass is 426 g/mol. The average molecular weight is 427 g/mol.